The van der Waals surface area contributed by atoms with E-state index in [0.29, 0.717) is 0 Å². The second-order valence-electron chi connectivity index (χ2n) is 6.91. The fourth-order valence-electron chi connectivity index (χ4n) is 5.44. The van der Waals surface area contributed by atoms with E-state index in [1.54, 1.807) is 32.1 Å². The molecule has 0 heteroatoms. The van der Waals surface area contributed by atoms with Crippen LogP contribution in [0.25, 0.3) is 0 Å². The van der Waals surface area contributed by atoms with Crippen molar-refractivity contribution in [1.29, 1.82) is 0 Å². The molecule has 0 spiro atoms. The molecular weight excluding hydrogens is 192 g/mol. The molecule has 16 heavy (non-hydrogen) atoms. The molecule has 3 fully saturated rings. The van der Waals surface area contributed by atoms with E-state index in [0.717, 1.165) is 35.5 Å². The Hall–Kier alpha value is 0. The van der Waals surface area contributed by atoms with Gasteiger partial charge < -0.3 is 0 Å². The van der Waals surface area contributed by atoms with Gasteiger partial charge in [-0.1, -0.05) is 46.0 Å². The van der Waals surface area contributed by atoms with Crippen molar-refractivity contribution >= 4 is 0 Å². The summed E-state index contributed by atoms with van der Waals surface area (Å²) in [5.74, 6) is 6.68. The Labute approximate surface area is 101 Å². The minimum atomic E-state index is 0.996. The van der Waals surface area contributed by atoms with Crippen LogP contribution in [0.3, 0.4) is 0 Å². The zero-order valence-electron chi connectivity index (χ0n) is 11.1. The first-order valence-corrected chi connectivity index (χ1v) is 7.81. The summed E-state index contributed by atoms with van der Waals surface area (Å²) in [7, 11) is 0. The average molecular weight is 220 g/mol. The number of hydrogen-bond donors (Lipinski definition) is 0. The lowest BCUT2D eigenvalue weighted by molar-refractivity contribution is 0.187. The normalized spacial score (nSPS) is 48.8. The molecule has 0 aromatic heterocycles. The summed E-state index contributed by atoms with van der Waals surface area (Å²) in [6.45, 7) is 4.92. The third-order valence-electron chi connectivity index (χ3n) is 6.36. The summed E-state index contributed by atoms with van der Waals surface area (Å²) in [5, 5.41) is 0. The minimum absolute atomic E-state index is 0.996. The van der Waals surface area contributed by atoms with Gasteiger partial charge in [0.25, 0.3) is 0 Å². The third kappa shape index (κ3) is 1.64. The maximum absolute atomic E-state index is 2.53. The van der Waals surface area contributed by atoms with Crippen molar-refractivity contribution in [2.24, 2.45) is 35.5 Å². The van der Waals surface area contributed by atoms with Crippen molar-refractivity contribution in [3.63, 3.8) is 0 Å². The molecule has 0 aromatic carbocycles. The van der Waals surface area contributed by atoms with E-state index in [1.807, 2.05) is 0 Å². The molecule has 3 saturated carbocycles. The minimum Gasteiger partial charge on any atom is -0.0651 e. The Kier molecular flexibility index (Phi) is 3.02. The quantitative estimate of drug-likeness (QED) is 0.622. The lowest BCUT2D eigenvalue weighted by atomic mass is 9.75. The monoisotopic (exact) mass is 220 g/mol. The van der Waals surface area contributed by atoms with Gasteiger partial charge >= 0.3 is 0 Å². The van der Waals surface area contributed by atoms with Gasteiger partial charge in [-0.2, -0.15) is 0 Å². The van der Waals surface area contributed by atoms with E-state index in [4.69, 9.17) is 0 Å². The first-order valence-electron chi connectivity index (χ1n) is 7.81. The van der Waals surface area contributed by atoms with Gasteiger partial charge in [0.05, 0.1) is 0 Å². The smallest absolute Gasteiger partial charge is 0.0324 e. The molecule has 0 aromatic rings. The highest BCUT2D eigenvalue weighted by molar-refractivity contribution is 5.00. The summed E-state index contributed by atoms with van der Waals surface area (Å²) in [6.07, 6.45) is 12.4. The van der Waals surface area contributed by atoms with Crippen LogP contribution >= 0.6 is 0 Å². The van der Waals surface area contributed by atoms with Crippen molar-refractivity contribution < 1.29 is 0 Å². The summed E-state index contributed by atoms with van der Waals surface area (Å²) in [6, 6.07) is 0. The molecule has 0 aliphatic heterocycles. The van der Waals surface area contributed by atoms with E-state index in [2.05, 4.69) is 13.8 Å². The van der Waals surface area contributed by atoms with Gasteiger partial charge in [-0.3, -0.25) is 0 Å². The van der Waals surface area contributed by atoms with Gasteiger partial charge in [0.1, 0.15) is 0 Å². The summed E-state index contributed by atoms with van der Waals surface area (Å²) in [4.78, 5) is 0. The van der Waals surface area contributed by atoms with Crippen molar-refractivity contribution in [3.05, 3.63) is 0 Å². The van der Waals surface area contributed by atoms with Crippen molar-refractivity contribution in [2.45, 2.75) is 65.2 Å². The lowest BCUT2D eigenvalue weighted by Gasteiger charge is -2.30. The highest BCUT2D eigenvalue weighted by Gasteiger charge is 2.51. The van der Waals surface area contributed by atoms with Crippen LogP contribution in [0.5, 0.6) is 0 Å². The Bertz CT molecular complexity index is 240. The van der Waals surface area contributed by atoms with Gasteiger partial charge in [-0.15, -0.1) is 0 Å². The SMILES string of the molecule is CCC(C)C1CC2CCCCC3CCC2C31. The zero-order valence-corrected chi connectivity index (χ0v) is 11.1. The Morgan fingerprint density at radius 3 is 2.50 bits per heavy atom. The van der Waals surface area contributed by atoms with Crippen molar-refractivity contribution in [3.8, 4) is 0 Å². The molecule has 3 aliphatic carbocycles. The summed E-state index contributed by atoms with van der Waals surface area (Å²) >= 11 is 0. The predicted molar refractivity (Wildman–Crippen MR) is 69.2 cm³/mol. The fraction of sp³-hybridized carbons (Fsp3) is 1.00. The molecule has 0 amide bonds. The molecular formula is C16H28. The standard InChI is InChI=1S/C16H28/c1-3-11(2)15-10-13-7-5-4-6-12-8-9-14(13)16(12)15/h11-16H,3-10H2,1-2H3. The van der Waals surface area contributed by atoms with Gasteiger partial charge in [0.2, 0.25) is 0 Å². The molecule has 0 N–H and O–H groups in total. The highest BCUT2D eigenvalue weighted by atomic mass is 14.6. The molecule has 3 aliphatic rings. The van der Waals surface area contributed by atoms with Gasteiger partial charge in [-0.05, 0) is 54.8 Å². The van der Waals surface area contributed by atoms with E-state index < -0.39 is 0 Å². The van der Waals surface area contributed by atoms with E-state index in [-0.39, 0.29) is 0 Å². The van der Waals surface area contributed by atoms with Crippen LogP contribution in [0.1, 0.15) is 65.2 Å². The van der Waals surface area contributed by atoms with E-state index in [9.17, 15) is 0 Å². The van der Waals surface area contributed by atoms with Gasteiger partial charge in [-0.25, -0.2) is 0 Å². The number of rotatable bonds is 2. The van der Waals surface area contributed by atoms with E-state index >= 15 is 0 Å². The molecule has 92 valence electrons. The first-order chi connectivity index (χ1) is 7.81. The number of hydrogen-bond acceptors (Lipinski definition) is 0. The van der Waals surface area contributed by atoms with Crippen LogP contribution in [0.2, 0.25) is 0 Å². The van der Waals surface area contributed by atoms with Crippen molar-refractivity contribution in [2.75, 3.05) is 0 Å². The molecule has 0 radical (unpaired) electrons. The maximum atomic E-state index is 2.53. The molecule has 6 atom stereocenters. The molecule has 0 saturated heterocycles. The molecule has 0 heterocycles. The topological polar surface area (TPSA) is 0 Å². The summed E-state index contributed by atoms with van der Waals surface area (Å²) in [5.41, 5.74) is 0. The Morgan fingerprint density at radius 1 is 1.00 bits per heavy atom. The lowest BCUT2D eigenvalue weighted by Crippen LogP contribution is -2.23. The highest BCUT2D eigenvalue weighted by Crippen LogP contribution is 2.59. The van der Waals surface area contributed by atoms with E-state index in [1.165, 1.54) is 19.3 Å². The van der Waals surface area contributed by atoms with Crippen LogP contribution in [0.15, 0.2) is 0 Å². The predicted octanol–water partition coefficient (Wildman–Crippen LogP) is 4.89. The molecule has 4 bridgehead atoms. The Morgan fingerprint density at radius 2 is 1.75 bits per heavy atom. The second kappa shape index (κ2) is 4.35. The second-order valence-corrected chi connectivity index (χ2v) is 6.91. The fourth-order valence-corrected chi connectivity index (χ4v) is 5.44. The van der Waals surface area contributed by atoms with Crippen LogP contribution in [0, 0.1) is 35.5 Å². The molecule has 0 nitrogen and oxygen atoms in total. The van der Waals surface area contributed by atoms with Crippen LogP contribution in [-0.2, 0) is 0 Å². The molecule has 6 unspecified atom stereocenters. The van der Waals surface area contributed by atoms with Gasteiger partial charge in [0, 0.05) is 0 Å². The summed E-state index contributed by atoms with van der Waals surface area (Å²) < 4.78 is 0. The molecule has 3 rings (SSSR count). The van der Waals surface area contributed by atoms with Crippen LogP contribution < -0.4 is 0 Å². The average Bonchev–Trinajstić information content (AvgIpc) is 2.86. The van der Waals surface area contributed by atoms with Crippen LogP contribution in [0.4, 0.5) is 0 Å². The van der Waals surface area contributed by atoms with Crippen LogP contribution in [-0.4, -0.2) is 0 Å². The van der Waals surface area contributed by atoms with Gasteiger partial charge in [0.15, 0.2) is 0 Å². The Balaban J connectivity index is 1.84. The third-order valence-corrected chi connectivity index (χ3v) is 6.36. The maximum Gasteiger partial charge on any atom is -0.0324 e. The zero-order chi connectivity index (χ0) is 11.1. The largest absolute Gasteiger partial charge is 0.0651 e. The van der Waals surface area contributed by atoms with Crippen molar-refractivity contribution in [1.82, 2.24) is 0 Å². The first kappa shape index (κ1) is 11.1.